The first-order valence-corrected chi connectivity index (χ1v) is 12.0. The van der Waals surface area contributed by atoms with Gasteiger partial charge in [-0.2, -0.15) is 0 Å². The second-order valence-corrected chi connectivity index (χ2v) is 10.4. The Morgan fingerprint density at radius 2 is 2.00 bits per heavy atom. The first-order chi connectivity index (χ1) is 16.0. The molecule has 1 saturated heterocycles. The lowest BCUT2D eigenvalue weighted by Gasteiger charge is -2.49. The number of oxime groups is 1. The highest BCUT2D eigenvalue weighted by Gasteiger charge is 2.54. The second kappa shape index (κ2) is 11.3. The maximum atomic E-state index is 12.9. The fraction of sp³-hybridized carbons (Fsp3) is 0.500. The average Bonchev–Trinajstić information content (AvgIpc) is 3.20. The third kappa shape index (κ3) is 6.05. The van der Waals surface area contributed by atoms with E-state index in [4.69, 9.17) is 20.0 Å². The lowest BCUT2D eigenvalue weighted by molar-refractivity contribution is -0.173. The van der Waals surface area contributed by atoms with Gasteiger partial charge >= 0.3 is 11.9 Å². The normalized spacial score (nSPS) is 19.7. The molecule has 3 heterocycles. The van der Waals surface area contributed by atoms with Crippen LogP contribution in [0.3, 0.4) is 0 Å². The molecule has 35 heavy (non-hydrogen) atoms. The minimum absolute atomic E-state index is 0. The topological polar surface area (TPSA) is 163 Å². The molecule has 0 aromatic carbocycles. The van der Waals surface area contributed by atoms with Crippen molar-refractivity contribution in [3.05, 3.63) is 22.3 Å². The van der Waals surface area contributed by atoms with E-state index in [0.29, 0.717) is 11.3 Å². The predicted molar refractivity (Wildman–Crippen MR) is 132 cm³/mol. The van der Waals surface area contributed by atoms with Gasteiger partial charge in [-0.15, -0.1) is 35.5 Å². The molecule has 3 rings (SSSR count). The number of ether oxygens (including phenoxy) is 2. The van der Waals surface area contributed by atoms with Crippen LogP contribution in [0.4, 0.5) is 5.13 Å². The second-order valence-electron chi connectivity index (χ2n) is 8.41. The first kappa shape index (κ1) is 28.4. The molecule has 12 nitrogen and oxygen atoms in total. The van der Waals surface area contributed by atoms with Crippen molar-refractivity contribution in [3.8, 4) is 0 Å². The van der Waals surface area contributed by atoms with Crippen molar-refractivity contribution in [2.75, 3.05) is 25.4 Å². The molecule has 0 saturated carbocycles. The van der Waals surface area contributed by atoms with Crippen LogP contribution >= 0.6 is 35.5 Å². The van der Waals surface area contributed by atoms with Gasteiger partial charge in [0.15, 0.2) is 10.8 Å². The predicted octanol–water partition coefficient (Wildman–Crippen LogP) is 1.26. The van der Waals surface area contributed by atoms with Crippen LogP contribution in [0, 0.1) is 5.41 Å². The van der Waals surface area contributed by atoms with E-state index in [0.717, 1.165) is 11.3 Å². The summed E-state index contributed by atoms with van der Waals surface area (Å²) in [5, 5.41) is 7.60. The molecular weight excluding hydrogens is 522 g/mol. The molecule has 0 spiro atoms. The molecule has 0 unspecified atom stereocenters. The number of hydrogen-bond donors (Lipinski definition) is 2. The average molecular weight is 548 g/mol. The number of nitrogens with two attached hydrogens (primary N) is 1. The molecule has 3 N–H and O–H groups in total. The smallest absolute Gasteiger partial charge is 0.357 e. The first-order valence-electron chi connectivity index (χ1n) is 10.1. The van der Waals surface area contributed by atoms with Crippen molar-refractivity contribution in [3.63, 3.8) is 0 Å². The van der Waals surface area contributed by atoms with E-state index in [-0.39, 0.29) is 34.6 Å². The van der Waals surface area contributed by atoms with Gasteiger partial charge in [-0.3, -0.25) is 19.3 Å². The van der Waals surface area contributed by atoms with Crippen LogP contribution in [0.15, 0.2) is 21.8 Å². The monoisotopic (exact) mass is 547 g/mol. The number of nitrogen functional groups attached to an aromatic ring is 1. The maximum Gasteiger partial charge on any atom is 0.357 e. The summed E-state index contributed by atoms with van der Waals surface area (Å²) in [4.78, 5) is 60.3. The van der Waals surface area contributed by atoms with Gasteiger partial charge in [0, 0.05) is 11.1 Å². The molecule has 192 valence electrons. The Morgan fingerprint density at radius 1 is 1.31 bits per heavy atom. The number of β-lactam (4-membered cyclic amide) rings is 1. The quantitative estimate of drug-likeness (QED) is 0.167. The standard InChI is InChI=1S/C20H25N5O7S2.ClH/c1-9-6-33-16-12(23-14(26)11(24-30-5)10-7-34-19(21)22-10)15(27)25(16)13(9)17(28)31-8-32-18(29)20(2,3)4;/h7,12,16H,6,8H2,1-5H3,(H2,21,22)(H,23,26);1H/t12-,16-;/m1./s1. The van der Waals surface area contributed by atoms with Crippen molar-refractivity contribution in [2.24, 2.45) is 10.6 Å². The van der Waals surface area contributed by atoms with E-state index in [1.54, 1.807) is 33.1 Å². The number of nitrogens with zero attached hydrogens (tertiary/aromatic N) is 3. The van der Waals surface area contributed by atoms with Crippen LogP contribution in [0.2, 0.25) is 0 Å². The number of thioether (sulfide) groups is 1. The van der Waals surface area contributed by atoms with Gasteiger partial charge in [-0.25, -0.2) is 9.78 Å². The van der Waals surface area contributed by atoms with Gasteiger partial charge in [0.05, 0.1) is 5.41 Å². The highest BCUT2D eigenvalue weighted by molar-refractivity contribution is 8.00. The molecule has 2 amide bonds. The van der Waals surface area contributed by atoms with Gasteiger partial charge in [-0.05, 0) is 33.3 Å². The Kier molecular flexibility index (Phi) is 9.14. The fourth-order valence-corrected chi connectivity index (χ4v) is 4.93. The molecule has 0 aliphatic carbocycles. The van der Waals surface area contributed by atoms with Gasteiger partial charge in [0.1, 0.15) is 29.9 Å². The molecule has 15 heteroatoms. The molecule has 2 aliphatic heterocycles. The lowest BCUT2D eigenvalue weighted by Crippen LogP contribution is -2.71. The van der Waals surface area contributed by atoms with Crippen molar-refractivity contribution < 1.29 is 33.5 Å². The van der Waals surface area contributed by atoms with E-state index in [1.165, 1.54) is 23.8 Å². The van der Waals surface area contributed by atoms with E-state index in [2.05, 4.69) is 15.5 Å². The van der Waals surface area contributed by atoms with Crippen LogP contribution in [0.5, 0.6) is 0 Å². The minimum Gasteiger partial charge on any atom is -0.427 e. The number of aromatic nitrogens is 1. The van der Waals surface area contributed by atoms with Crippen molar-refractivity contribution in [1.29, 1.82) is 0 Å². The fourth-order valence-electron chi connectivity index (χ4n) is 3.09. The van der Waals surface area contributed by atoms with Gasteiger partial charge < -0.3 is 25.4 Å². The number of anilines is 1. The number of nitrogens with one attached hydrogen (secondary N) is 1. The number of fused-ring (bicyclic) bond motifs is 1. The molecular formula is C20H26ClN5O7S2. The van der Waals surface area contributed by atoms with Crippen LogP contribution in [0.1, 0.15) is 33.4 Å². The summed E-state index contributed by atoms with van der Waals surface area (Å²) in [5.41, 5.74) is 5.67. The Balaban J connectivity index is 0.00000432. The highest BCUT2D eigenvalue weighted by atomic mass is 35.5. The zero-order valence-electron chi connectivity index (χ0n) is 19.6. The summed E-state index contributed by atoms with van der Waals surface area (Å²) in [6.45, 7) is 6.15. The number of amides is 2. The summed E-state index contributed by atoms with van der Waals surface area (Å²) in [6, 6.07) is -0.898. The van der Waals surface area contributed by atoms with Gasteiger partial charge in [0.2, 0.25) is 6.79 Å². The summed E-state index contributed by atoms with van der Waals surface area (Å²) >= 11 is 2.52. The zero-order chi connectivity index (χ0) is 25.2. The number of rotatable bonds is 7. The molecule has 1 fully saturated rings. The third-order valence-electron chi connectivity index (χ3n) is 4.79. The number of carbonyl (C=O) groups excluding carboxylic acids is 4. The number of carbonyl (C=O) groups is 4. The number of esters is 2. The Hall–Kier alpha value is -2.84. The summed E-state index contributed by atoms with van der Waals surface area (Å²) < 4.78 is 10.0. The Bertz CT molecular complexity index is 1080. The van der Waals surface area contributed by atoms with Crippen LogP contribution in [-0.4, -0.2) is 70.4 Å². The van der Waals surface area contributed by atoms with Crippen LogP contribution in [0.25, 0.3) is 0 Å². The SMILES string of the molecule is CON=C(C(=O)N[C@@H]1C(=O)N2C(C(=O)OCOC(=O)C(C)(C)C)=C(C)CS[C@H]12)c1csc(N)n1.Cl. The molecule has 1 aromatic heterocycles. The van der Waals surface area contributed by atoms with Crippen LogP contribution < -0.4 is 11.1 Å². The molecule has 2 atom stereocenters. The molecule has 0 radical (unpaired) electrons. The Morgan fingerprint density at radius 3 is 2.57 bits per heavy atom. The van der Waals surface area contributed by atoms with E-state index < -0.39 is 47.4 Å². The van der Waals surface area contributed by atoms with E-state index in [1.807, 2.05) is 0 Å². The Labute approximate surface area is 216 Å². The highest BCUT2D eigenvalue weighted by Crippen LogP contribution is 2.40. The minimum atomic E-state index is -0.898. The van der Waals surface area contributed by atoms with E-state index >= 15 is 0 Å². The summed E-state index contributed by atoms with van der Waals surface area (Å²) in [7, 11) is 1.28. The summed E-state index contributed by atoms with van der Waals surface area (Å²) in [6.07, 6.45) is 0. The van der Waals surface area contributed by atoms with Gasteiger partial charge in [-0.1, -0.05) is 5.16 Å². The largest absolute Gasteiger partial charge is 0.427 e. The number of thiazole rings is 1. The molecule has 2 aliphatic rings. The van der Waals surface area contributed by atoms with E-state index in [9.17, 15) is 19.2 Å². The number of hydrogen-bond acceptors (Lipinski definition) is 12. The van der Waals surface area contributed by atoms with Crippen molar-refractivity contribution in [2.45, 2.75) is 39.1 Å². The zero-order valence-corrected chi connectivity index (χ0v) is 22.1. The van der Waals surface area contributed by atoms with Gasteiger partial charge in [0.25, 0.3) is 11.8 Å². The molecule has 1 aromatic rings. The van der Waals surface area contributed by atoms with Crippen molar-refractivity contribution >= 4 is 70.1 Å². The molecule has 0 bridgehead atoms. The number of halogens is 1. The lowest BCUT2D eigenvalue weighted by atomic mass is 9.98. The maximum absolute atomic E-state index is 12.9. The van der Waals surface area contributed by atoms with Crippen LogP contribution in [-0.2, 0) is 33.5 Å². The van der Waals surface area contributed by atoms with Crippen molar-refractivity contribution in [1.82, 2.24) is 15.2 Å². The third-order valence-corrected chi connectivity index (χ3v) is 6.89. The summed E-state index contributed by atoms with van der Waals surface area (Å²) in [5.74, 6) is -2.04.